The summed E-state index contributed by atoms with van der Waals surface area (Å²) in [5.74, 6) is -0.0577. The summed E-state index contributed by atoms with van der Waals surface area (Å²) in [6.45, 7) is 0.787. The lowest BCUT2D eigenvalue weighted by Gasteiger charge is -2.35. The topological polar surface area (TPSA) is 46.6 Å². The highest BCUT2D eigenvalue weighted by atomic mass is 79.9. The molecule has 0 saturated carbocycles. The van der Waals surface area contributed by atoms with E-state index in [1.165, 1.54) is 12.7 Å². The molecular weight excluding hydrogens is 406 g/mol. The van der Waals surface area contributed by atoms with Crippen LogP contribution in [0.25, 0.3) is 0 Å². The average molecular weight is 430 g/mol. The second-order valence-corrected chi connectivity index (χ2v) is 7.82. The molecule has 0 saturated heterocycles. The Morgan fingerprint density at radius 1 is 1.22 bits per heavy atom. The van der Waals surface area contributed by atoms with Crippen LogP contribution in [0.15, 0.2) is 65.9 Å². The molecular formula is C22H24BrNO3. The van der Waals surface area contributed by atoms with Crippen molar-refractivity contribution in [1.82, 2.24) is 4.90 Å². The molecule has 4 nitrogen and oxygen atoms in total. The number of alkyl halides is 1. The molecule has 2 atom stereocenters. The molecule has 0 N–H and O–H groups in total. The third kappa shape index (κ3) is 4.98. The van der Waals surface area contributed by atoms with E-state index in [0.717, 1.165) is 37.0 Å². The van der Waals surface area contributed by atoms with Gasteiger partial charge in [-0.05, 0) is 18.4 Å². The molecule has 0 bridgehead atoms. The first kappa shape index (κ1) is 19.6. The number of rotatable bonds is 7. The quantitative estimate of drug-likeness (QED) is 0.367. The number of nitrogens with zero attached hydrogens (tertiary/aromatic N) is 1. The zero-order chi connectivity index (χ0) is 19.2. The predicted octanol–water partition coefficient (Wildman–Crippen LogP) is 4.32. The number of carbonyl (C=O) groups is 2. The van der Waals surface area contributed by atoms with Gasteiger partial charge in [0.05, 0.1) is 11.9 Å². The maximum absolute atomic E-state index is 12.5. The van der Waals surface area contributed by atoms with Crippen LogP contribution in [0, 0.1) is 0 Å². The van der Waals surface area contributed by atoms with Gasteiger partial charge in [-0.15, -0.1) is 0 Å². The highest BCUT2D eigenvalue weighted by Gasteiger charge is 2.29. The highest BCUT2D eigenvalue weighted by Crippen LogP contribution is 2.32. The maximum atomic E-state index is 12.5. The summed E-state index contributed by atoms with van der Waals surface area (Å²) >= 11 is 3.42. The zero-order valence-corrected chi connectivity index (χ0v) is 17.0. The fourth-order valence-corrected chi connectivity index (χ4v) is 3.84. The van der Waals surface area contributed by atoms with E-state index in [4.69, 9.17) is 4.74 Å². The van der Waals surface area contributed by atoms with Crippen LogP contribution in [0.2, 0.25) is 0 Å². The van der Waals surface area contributed by atoms with E-state index in [2.05, 4.69) is 45.2 Å². The minimum Gasteiger partial charge on any atom is -0.469 e. The van der Waals surface area contributed by atoms with Crippen LogP contribution in [-0.4, -0.2) is 34.6 Å². The minimum atomic E-state index is -0.249. The summed E-state index contributed by atoms with van der Waals surface area (Å²) in [6, 6.07) is 10.5. The Balaban J connectivity index is 1.75. The predicted molar refractivity (Wildman–Crippen MR) is 109 cm³/mol. The molecule has 2 unspecified atom stereocenters. The van der Waals surface area contributed by atoms with Gasteiger partial charge in [-0.1, -0.05) is 70.9 Å². The molecule has 1 heterocycles. The Morgan fingerprint density at radius 3 is 2.74 bits per heavy atom. The number of halogens is 1. The molecule has 0 spiro atoms. The van der Waals surface area contributed by atoms with Gasteiger partial charge in [-0.25, -0.2) is 0 Å². The van der Waals surface area contributed by atoms with Crippen molar-refractivity contribution in [2.24, 2.45) is 0 Å². The number of benzene rings is 1. The van der Waals surface area contributed by atoms with Gasteiger partial charge < -0.3 is 9.64 Å². The van der Waals surface area contributed by atoms with Crippen molar-refractivity contribution < 1.29 is 14.3 Å². The number of hydrogen-bond donors (Lipinski definition) is 0. The number of methoxy groups -OCH3 is 1. The van der Waals surface area contributed by atoms with E-state index >= 15 is 0 Å². The second kappa shape index (κ2) is 9.18. The number of Topliss-reactive ketones (excluding diaryl/α,β-unsaturated/α-hetero) is 1. The maximum Gasteiger partial charge on any atom is 0.305 e. The second-order valence-electron chi connectivity index (χ2n) is 6.84. The number of carbonyl (C=O) groups excluding carboxylic acids is 2. The Labute approximate surface area is 168 Å². The van der Waals surface area contributed by atoms with Gasteiger partial charge in [0, 0.05) is 36.4 Å². The van der Waals surface area contributed by atoms with Crippen molar-refractivity contribution in [2.75, 3.05) is 7.11 Å². The normalized spacial score (nSPS) is 21.4. The number of hydrogen-bond acceptors (Lipinski definition) is 4. The van der Waals surface area contributed by atoms with Crippen LogP contribution in [-0.2, 0) is 20.9 Å². The van der Waals surface area contributed by atoms with Crippen molar-refractivity contribution in [3.63, 3.8) is 0 Å². The molecule has 1 aromatic rings. The number of esters is 1. The molecule has 1 aliphatic carbocycles. The summed E-state index contributed by atoms with van der Waals surface area (Å²) in [4.78, 5) is 25.9. The third-order valence-corrected chi connectivity index (χ3v) is 5.65. The Morgan fingerprint density at radius 2 is 2.00 bits per heavy atom. The van der Waals surface area contributed by atoms with Crippen molar-refractivity contribution in [3.05, 3.63) is 71.5 Å². The number of unbranched alkanes of at least 4 members (excludes halogenated alkanes) is 1. The molecule has 5 heteroatoms. The standard InChI is InChI=1S/C22H24BrNO3/c1-27-21(25)10-6-5-9-18-13-19-17(11-12-20(23)22(19)26)15-24(18)14-16-7-3-2-4-8-16/h2-4,7-8,11-13,15,18,20H,5-6,9-10,14H2,1H3. The van der Waals surface area contributed by atoms with Crippen molar-refractivity contribution in [2.45, 2.75) is 43.1 Å². The van der Waals surface area contributed by atoms with E-state index in [1.54, 1.807) is 0 Å². The molecule has 27 heavy (non-hydrogen) atoms. The first-order valence-electron chi connectivity index (χ1n) is 9.25. The van der Waals surface area contributed by atoms with E-state index in [0.29, 0.717) is 6.42 Å². The van der Waals surface area contributed by atoms with E-state index in [9.17, 15) is 9.59 Å². The van der Waals surface area contributed by atoms with E-state index in [-0.39, 0.29) is 22.6 Å². The van der Waals surface area contributed by atoms with E-state index < -0.39 is 0 Å². The van der Waals surface area contributed by atoms with Gasteiger partial charge in [0.1, 0.15) is 0 Å². The highest BCUT2D eigenvalue weighted by molar-refractivity contribution is 9.10. The van der Waals surface area contributed by atoms with Gasteiger partial charge in [0.2, 0.25) is 0 Å². The lowest BCUT2D eigenvalue weighted by Crippen LogP contribution is -2.35. The monoisotopic (exact) mass is 429 g/mol. The van der Waals surface area contributed by atoms with Gasteiger partial charge >= 0.3 is 5.97 Å². The van der Waals surface area contributed by atoms with Crippen molar-refractivity contribution in [1.29, 1.82) is 0 Å². The summed E-state index contributed by atoms with van der Waals surface area (Å²) < 4.78 is 4.71. The molecule has 1 aliphatic heterocycles. The van der Waals surface area contributed by atoms with Gasteiger partial charge in [0.15, 0.2) is 5.78 Å². The minimum absolute atomic E-state index is 0.114. The van der Waals surface area contributed by atoms with Crippen LogP contribution in [0.1, 0.15) is 31.2 Å². The molecule has 142 valence electrons. The van der Waals surface area contributed by atoms with Crippen LogP contribution in [0.3, 0.4) is 0 Å². The SMILES string of the molecule is COC(=O)CCCCC1C=C2C(=O)C(Br)C=CC2=CN1Cc1ccccc1. The molecule has 0 radical (unpaired) electrons. The fraction of sp³-hybridized carbons (Fsp3) is 0.364. The largest absolute Gasteiger partial charge is 0.469 e. The molecule has 1 aromatic carbocycles. The summed E-state index contributed by atoms with van der Waals surface area (Å²) in [7, 11) is 1.42. The molecule has 0 aromatic heterocycles. The smallest absolute Gasteiger partial charge is 0.305 e. The number of ketones is 1. The zero-order valence-electron chi connectivity index (χ0n) is 15.4. The number of fused-ring (bicyclic) bond motifs is 1. The fourth-order valence-electron chi connectivity index (χ4n) is 3.44. The van der Waals surface area contributed by atoms with Crippen LogP contribution < -0.4 is 0 Å². The Hall–Kier alpha value is -2.14. The number of ether oxygens (including phenoxy) is 1. The molecule has 2 aliphatic rings. The summed E-state index contributed by atoms with van der Waals surface area (Å²) in [6.07, 6.45) is 11.1. The van der Waals surface area contributed by atoms with Gasteiger partial charge in [-0.2, -0.15) is 0 Å². The van der Waals surface area contributed by atoms with Crippen molar-refractivity contribution in [3.8, 4) is 0 Å². The molecule has 0 amide bonds. The average Bonchev–Trinajstić information content (AvgIpc) is 2.69. The van der Waals surface area contributed by atoms with Crippen LogP contribution in [0.5, 0.6) is 0 Å². The van der Waals surface area contributed by atoms with E-state index in [1.807, 2.05) is 30.4 Å². The Kier molecular flexibility index (Phi) is 6.67. The lowest BCUT2D eigenvalue weighted by molar-refractivity contribution is -0.140. The first-order chi connectivity index (χ1) is 13.1. The summed E-state index contributed by atoms with van der Waals surface area (Å²) in [5.41, 5.74) is 2.99. The third-order valence-electron chi connectivity index (χ3n) is 4.93. The van der Waals surface area contributed by atoms with Crippen LogP contribution >= 0.6 is 15.9 Å². The van der Waals surface area contributed by atoms with Crippen LogP contribution in [0.4, 0.5) is 0 Å². The van der Waals surface area contributed by atoms with Crippen molar-refractivity contribution >= 4 is 27.7 Å². The lowest BCUT2D eigenvalue weighted by atomic mass is 9.88. The summed E-state index contributed by atoms with van der Waals surface area (Å²) in [5, 5.41) is 0. The van der Waals surface area contributed by atoms with Gasteiger partial charge in [-0.3, -0.25) is 9.59 Å². The molecule has 0 fully saturated rings. The molecule has 3 rings (SSSR count). The first-order valence-corrected chi connectivity index (χ1v) is 10.2. The Bertz CT molecular complexity index is 782. The van der Waals surface area contributed by atoms with Gasteiger partial charge in [0.25, 0.3) is 0 Å². The number of allylic oxidation sites excluding steroid dienone is 4.